The molecule has 1 heteroatoms. The Balaban J connectivity index is 1.56. The standard InChI is InChI=1S/C15H29N/c1-2-3-4-5-6-11-14(16)15-12-9-7-8-10-13(12)15/h12-15H,2-11,16H2,1H3. The molecule has 0 aromatic carbocycles. The Bertz CT molecular complexity index is 190. The van der Waals surface area contributed by atoms with Crippen LogP contribution in [0, 0.1) is 17.8 Å². The zero-order valence-corrected chi connectivity index (χ0v) is 11.0. The van der Waals surface area contributed by atoms with Gasteiger partial charge in [-0.25, -0.2) is 0 Å². The minimum Gasteiger partial charge on any atom is -0.327 e. The fourth-order valence-corrected chi connectivity index (χ4v) is 3.86. The van der Waals surface area contributed by atoms with Gasteiger partial charge in [0.15, 0.2) is 0 Å². The molecule has 2 saturated carbocycles. The lowest BCUT2D eigenvalue weighted by Gasteiger charge is -2.11. The molecule has 94 valence electrons. The third-order valence-electron chi connectivity index (χ3n) is 4.86. The molecule has 0 heterocycles. The van der Waals surface area contributed by atoms with Gasteiger partial charge in [0.05, 0.1) is 0 Å². The molecule has 0 saturated heterocycles. The van der Waals surface area contributed by atoms with Crippen molar-refractivity contribution in [1.82, 2.24) is 0 Å². The van der Waals surface area contributed by atoms with Gasteiger partial charge in [-0.1, -0.05) is 51.9 Å². The molecule has 0 bridgehead atoms. The molecule has 2 N–H and O–H groups in total. The van der Waals surface area contributed by atoms with Gasteiger partial charge in [-0.2, -0.15) is 0 Å². The van der Waals surface area contributed by atoms with Crippen LogP contribution in [0.4, 0.5) is 0 Å². The van der Waals surface area contributed by atoms with E-state index in [0.717, 1.165) is 17.8 Å². The minimum atomic E-state index is 0.537. The molecule has 0 aromatic rings. The predicted molar refractivity (Wildman–Crippen MR) is 70.3 cm³/mol. The lowest BCUT2D eigenvalue weighted by molar-refractivity contribution is 0.471. The highest BCUT2D eigenvalue weighted by Crippen LogP contribution is 2.57. The summed E-state index contributed by atoms with van der Waals surface area (Å²) in [6, 6.07) is 0.537. The van der Waals surface area contributed by atoms with Gasteiger partial charge in [-0.15, -0.1) is 0 Å². The van der Waals surface area contributed by atoms with Crippen LogP contribution in [0.2, 0.25) is 0 Å². The van der Waals surface area contributed by atoms with E-state index < -0.39 is 0 Å². The highest BCUT2D eigenvalue weighted by Gasteiger charge is 2.52. The molecule has 16 heavy (non-hydrogen) atoms. The first-order chi connectivity index (χ1) is 7.84. The number of hydrogen-bond acceptors (Lipinski definition) is 1. The van der Waals surface area contributed by atoms with Crippen molar-refractivity contribution in [3.63, 3.8) is 0 Å². The van der Waals surface area contributed by atoms with Crippen LogP contribution in [-0.2, 0) is 0 Å². The van der Waals surface area contributed by atoms with Gasteiger partial charge in [-0.3, -0.25) is 0 Å². The van der Waals surface area contributed by atoms with E-state index in [0.29, 0.717) is 6.04 Å². The van der Waals surface area contributed by atoms with Gasteiger partial charge >= 0.3 is 0 Å². The highest BCUT2D eigenvalue weighted by molar-refractivity contribution is 5.03. The molecular weight excluding hydrogens is 194 g/mol. The predicted octanol–water partition coefficient (Wildman–Crippen LogP) is 4.11. The lowest BCUT2D eigenvalue weighted by Crippen LogP contribution is -2.23. The van der Waals surface area contributed by atoms with E-state index in [1.165, 1.54) is 64.2 Å². The molecular formula is C15H29N. The van der Waals surface area contributed by atoms with E-state index in [1.54, 1.807) is 0 Å². The van der Waals surface area contributed by atoms with Crippen LogP contribution in [-0.4, -0.2) is 6.04 Å². The summed E-state index contributed by atoms with van der Waals surface area (Å²) in [5.41, 5.74) is 6.35. The summed E-state index contributed by atoms with van der Waals surface area (Å²) in [7, 11) is 0. The normalized spacial score (nSPS) is 34.5. The average molecular weight is 223 g/mol. The molecule has 3 atom stereocenters. The van der Waals surface area contributed by atoms with Gasteiger partial charge in [0.1, 0.15) is 0 Å². The second-order valence-electron chi connectivity index (χ2n) is 6.06. The molecule has 0 amide bonds. The van der Waals surface area contributed by atoms with E-state index in [4.69, 9.17) is 5.73 Å². The van der Waals surface area contributed by atoms with Crippen LogP contribution in [0.25, 0.3) is 0 Å². The Morgan fingerprint density at radius 3 is 2.25 bits per heavy atom. The Morgan fingerprint density at radius 2 is 1.62 bits per heavy atom. The summed E-state index contributed by atoms with van der Waals surface area (Å²) in [5.74, 6) is 3.01. The van der Waals surface area contributed by atoms with Crippen molar-refractivity contribution in [2.24, 2.45) is 23.5 Å². The fourth-order valence-electron chi connectivity index (χ4n) is 3.86. The molecule has 2 aliphatic rings. The molecule has 0 radical (unpaired) electrons. The summed E-state index contributed by atoms with van der Waals surface area (Å²) in [4.78, 5) is 0. The molecule has 3 unspecified atom stereocenters. The van der Waals surface area contributed by atoms with Crippen molar-refractivity contribution in [1.29, 1.82) is 0 Å². The molecule has 2 fully saturated rings. The summed E-state index contributed by atoms with van der Waals surface area (Å²) in [6.07, 6.45) is 14.2. The van der Waals surface area contributed by atoms with Crippen molar-refractivity contribution in [3.8, 4) is 0 Å². The Labute approximate surface area is 101 Å². The molecule has 0 aromatic heterocycles. The average Bonchev–Trinajstić information content (AvgIpc) is 3.02. The first-order valence-corrected chi connectivity index (χ1v) is 7.60. The lowest BCUT2D eigenvalue weighted by atomic mass is 10.0. The second kappa shape index (κ2) is 6.05. The molecule has 0 spiro atoms. The molecule has 0 aliphatic heterocycles. The van der Waals surface area contributed by atoms with E-state index in [-0.39, 0.29) is 0 Å². The van der Waals surface area contributed by atoms with Gasteiger partial charge in [0, 0.05) is 6.04 Å². The molecule has 2 aliphatic carbocycles. The van der Waals surface area contributed by atoms with E-state index >= 15 is 0 Å². The second-order valence-corrected chi connectivity index (χ2v) is 6.06. The fraction of sp³-hybridized carbons (Fsp3) is 1.00. The summed E-state index contributed by atoms with van der Waals surface area (Å²) in [6.45, 7) is 2.28. The molecule has 2 rings (SSSR count). The van der Waals surface area contributed by atoms with Crippen LogP contribution in [0.1, 0.15) is 71.1 Å². The first-order valence-electron chi connectivity index (χ1n) is 7.60. The highest BCUT2D eigenvalue weighted by atomic mass is 14.7. The maximum absolute atomic E-state index is 6.35. The summed E-state index contributed by atoms with van der Waals surface area (Å²) < 4.78 is 0. The number of nitrogens with two attached hydrogens (primary N) is 1. The van der Waals surface area contributed by atoms with Crippen molar-refractivity contribution in [2.45, 2.75) is 77.2 Å². The van der Waals surface area contributed by atoms with Crippen LogP contribution >= 0.6 is 0 Å². The quantitative estimate of drug-likeness (QED) is 0.646. The van der Waals surface area contributed by atoms with E-state index in [9.17, 15) is 0 Å². The smallest absolute Gasteiger partial charge is 0.00726 e. The monoisotopic (exact) mass is 223 g/mol. The maximum atomic E-state index is 6.35. The van der Waals surface area contributed by atoms with Crippen LogP contribution in [0.5, 0.6) is 0 Å². The van der Waals surface area contributed by atoms with Crippen LogP contribution in [0.15, 0.2) is 0 Å². The van der Waals surface area contributed by atoms with Crippen molar-refractivity contribution < 1.29 is 0 Å². The van der Waals surface area contributed by atoms with Gasteiger partial charge in [0.2, 0.25) is 0 Å². The van der Waals surface area contributed by atoms with Gasteiger partial charge in [-0.05, 0) is 37.0 Å². The van der Waals surface area contributed by atoms with E-state index in [2.05, 4.69) is 6.92 Å². The Morgan fingerprint density at radius 1 is 1.00 bits per heavy atom. The molecule has 1 nitrogen and oxygen atoms in total. The van der Waals surface area contributed by atoms with Crippen molar-refractivity contribution in [2.75, 3.05) is 0 Å². The van der Waals surface area contributed by atoms with E-state index in [1.807, 2.05) is 0 Å². The first kappa shape index (κ1) is 12.4. The number of rotatable bonds is 7. The van der Waals surface area contributed by atoms with Crippen molar-refractivity contribution in [3.05, 3.63) is 0 Å². The zero-order valence-electron chi connectivity index (χ0n) is 11.0. The summed E-state index contributed by atoms with van der Waals surface area (Å²) in [5, 5.41) is 0. The third-order valence-corrected chi connectivity index (χ3v) is 4.86. The summed E-state index contributed by atoms with van der Waals surface area (Å²) >= 11 is 0. The van der Waals surface area contributed by atoms with Gasteiger partial charge in [0.25, 0.3) is 0 Å². The zero-order chi connectivity index (χ0) is 11.4. The number of unbranched alkanes of at least 4 members (excludes halogenated alkanes) is 4. The Hall–Kier alpha value is -0.0400. The Kier molecular flexibility index (Phi) is 4.69. The minimum absolute atomic E-state index is 0.537. The van der Waals surface area contributed by atoms with Crippen LogP contribution in [0.3, 0.4) is 0 Å². The largest absolute Gasteiger partial charge is 0.327 e. The maximum Gasteiger partial charge on any atom is 0.00726 e. The SMILES string of the molecule is CCCCCCCC(N)C1C2CCCCC21. The van der Waals surface area contributed by atoms with Gasteiger partial charge < -0.3 is 5.73 Å². The van der Waals surface area contributed by atoms with Crippen LogP contribution < -0.4 is 5.73 Å². The topological polar surface area (TPSA) is 26.0 Å². The number of hydrogen-bond donors (Lipinski definition) is 1. The third kappa shape index (κ3) is 3.00. The number of fused-ring (bicyclic) bond motifs is 1. The van der Waals surface area contributed by atoms with Crippen molar-refractivity contribution >= 4 is 0 Å².